The number of amides is 1. The van der Waals surface area contributed by atoms with Gasteiger partial charge in [-0.05, 0) is 29.8 Å². The lowest BCUT2D eigenvalue weighted by Gasteiger charge is -2.07. The third-order valence-electron chi connectivity index (χ3n) is 3.27. The normalized spacial score (nSPS) is 15.9. The molecule has 0 aromatic heterocycles. The monoisotopic (exact) mass is 251 g/mol. The first-order chi connectivity index (χ1) is 9.16. The van der Waals surface area contributed by atoms with Gasteiger partial charge in [0.15, 0.2) is 0 Å². The number of fused-ring (bicyclic) bond motifs is 1. The summed E-state index contributed by atoms with van der Waals surface area (Å²) < 4.78 is 0. The second kappa shape index (κ2) is 4.28. The molecule has 1 heterocycles. The number of hydrogen-bond acceptors (Lipinski definition) is 2. The van der Waals surface area contributed by atoms with Crippen LogP contribution in [0.3, 0.4) is 0 Å². The van der Waals surface area contributed by atoms with Gasteiger partial charge in [-0.2, -0.15) is 0 Å². The zero-order valence-electron chi connectivity index (χ0n) is 10.5. The van der Waals surface area contributed by atoms with Gasteiger partial charge in [0.25, 0.3) is 5.91 Å². The number of para-hydroxylation sites is 1. The molecule has 0 aliphatic carbocycles. The van der Waals surface area contributed by atoms with E-state index in [1.54, 1.807) is 30.1 Å². The molecule has 94 valence electrons. The van der Waals surface area contributed by atoms with E-state index < -0.39 is 0 Å². The van der Waals surface area contributed by atoms with Crippen LogP contribution in [0.1, 0.15) is 11.1 Å². The molecule has 1 aliphatic rings. The number of phenolic OH excluding ortho intramolecular Hbond substituents is 1. The largest absolute Gasteiger partial charge is 0.508 e. The maximum absolute atomic E-state index is 12.2. The number of rotatable bonds is 1. The number of anilines is 1. The first kappa shape index (κ1) is 11.5. The van der Waals surface area contributed by atoms with Gasteiger partial charge in [-0.25, -0.2) is 0 Å². The third kappa shape index (κ3) is 1.89. The number of aromatic hydroxyl groups is 1. The maximum atomic E-state index is 12.2. The summed E-state index contributed by atoms with van der Waals surface area (Å²) in [7, 11) is 1.77. The molecule has 19 heavy (non-hydrogen) atoms. The van der Waals surface area contributed by atoms with Crippen LogP contribution in [0.2, 0.25) is 0 Å². The molecule has 0 spiro atoms. The quantitative estimate of drug-likeness (QED) is 0.792. The van der Waals surface area contributed by atoms with Crippen LogP contribution < -0.4 is 4.90 Å². The van der Waals surface area contributed by atoms with Gasteiger partial charge in [0.05, 0.1) is 5.69 Å². The van der Waals surface area contributed by atoms with Gasteiger partial charge in [0, 0.05) is 18.2 Å². The molecule has 1 amide bonds. The number of nitrogens with zero attached hydrogens (tertiary/aromatic N) is 1. The highest BCUT2D eigenvalue weighted by Crippen LogP contribution is 2.36. The number of carbonyl (C=O) groups excluding carboxylic acids is 1. The maximum Gasteiger partial charge on any atom is 0.258 e. The predicted molar refractivity (Wildman–Crippen MR) is 75.8 cm³/mol. The molecule has 3 rings (SSSR count). The van der Waals surface area contributed by atoms with Crippen LogP contribution in [0.25, 0.3) is 11.6 Å². The topological polar surface area (TPSA) is 40.5 Å². The Balaban J connectivity index is 2.13. The Kier molecular flexibility index (Phi) is 2.60. The van der Waals surface area contributed by atoms with E-state index in [1.807, 2.05) is 36.4 Å². The number of phenols is 1. The van der Waals surface area contributed by atoms with Crippen LogP contribution in [-0.4, -0.2) is 18.1 Å². The Morgan fingerprint density at radius 1 is 1.11 bits per heavy atom. The summed E-state index contributed by atoms with van der Waals surface area (Å²) in [6, 6.07) is 14.6. The minimum Gasteiger partial charge on any atom is -0.508 e. The zero-order valence-corrected chi connectivity index (χ0v) is 10.5. The fourth-order valence-corrected chi connectivity index (χ4v) is 2.32. The number of likely N-dealkylation sites (N-methyl/N-ethyl adjacent to an activating group) is 1. The Morgan fingerprint density at radius 2 is 1.89 bits per heavy atom. The van der Waals surface area contributed by atoms with Crippen LogP contribution >= 0.6 is 0 Å². The minimum absolute atomic E-state index is 0.0236. The van der Waals surface area contributed by atoms with Crippen molar-refractivity contribution in [1.29, 1.82) is 0 Å². The highest BCUT2D eigenvalue weighted by Gasteiger charge is 2.28. The zero-order chi connectivity index (χ0) is 13.4. The fourth-order valence-electron chi connectivity index (χ4n) is 2.32. The molecule has 3 nitrogen and oxygen atoms in total. The van der Waals surface area contributed by atoms with Crippen molar-refractivity contribution in [2.24, 2.45) is 0 Å². The third-order valence-corrected chi connectivity index (χ3v) is 3.27. The molecule has 0 fully saturated rings. The lowest BCUT2D eigenvalue weighted by Crippen LogP contribution is -2.20. The molecule has 0 saturated carbocycles. The predicted octanol–water partition coefficient (Wildman–Crippen LogP) is 2.91. The van der Waals surface area contributed by atoms with Crippen molar-refractivity contribution in [1.82, 2.24) is 0 Å². The van der Waals surface area contributed by atoms with Crippen molar-refractivity contribution in [3.63, 3.8) is 0 Å². The molecule has 0 unspecified atom stereocenters. The number of hydrogen-bond donors (Lipinski definition) is 1. The van der Waals surface area contributed by atoms with Crippen molar-refractivity contribution in [3.8, 4) is 5.75 Å². The average Bonchev–Trinajstić information content (AvgIpc) is 2.65. The van der Waals surface area contributed by atoms with Crippen LogP contribution in [0, 0.1) is 0 Å². The van der Waals surface area contributed by atoms with E-state index in [2.05, 4.69) is 0 Å². The fraction of sp³-hybridized carbons (Fsp3) is 0.0625. The van der Waals surface area contributed by atoms with Crippen LogP contribution in [0.5, 0.6) is 5.75 Å². The number of benzene rings is 2. The van der Waals surface area contributed by atoms with Gasteiger partial charge in [-0.15, -0.1) is 0 Å². The Bertz CT molecular complexity index is 689. The van der Waals surface area contributed by atoms with E-state index in [1.165, 1.54) is 0 Å². The highest BCUT2D eigenvalue weighted by atomic mass is 16.3. The average molecular weight is 251 g/mol. The lowest BCUT2D eigenvalue weighted by atomic mass is 10.0. The second-order valence-electron chi connectivity index (χ2n) is 4.53. The Hall–Kier alpha value is -2.55. The highest BCUT2D eigenvalue weighted by molar-refractivity contribution is 6.35. The summed E-state index contributed by atoms with van der Waals surface area (Å²) in [4.78, 5) is 13.9. The summed E-state index contributed by atoms with van der Waals surface area (Å²) >= 11 is 0. The lowest BCUT2D eigenvalue weighted by molar-refractivity contribution is -0.112. The van der Waals surface area contributed by atoms with Crippen molar-refractivity contribution < 1.29 is 9.90 Å². The van der Waals surface area contributed by atoms with E-state index in [0.29, 0.717) is 5.57 Å². The summed E-state index contributed by atoms with van der Waals surface area (Å²) in [6.07, 6.45) is 1.81. The SMILES string of the molecule is CN1C(=O)C(=Cc2cccc(O)c2)c2ccccc21. The molecule has 0 atom stereocenters. The van der Waals surface area contributed by atoms with Crippen LogP contribution in [-0.2, 0) is 4.79 Å². The van der Waals surface area contributed by atoms with Gasteiger partial charge in [0.1, 0.15) is 5.75 Å². The van der Waals surface area contributed by atoms with Crippen LogP contribution in [0.15, 0.2) is 48.5 Å². The van der Waals surface area contributed by atoms with Gasteiger partial charge >= 0.3 is 0 Å². The summed E-state index contributed by atoms with van der Waals surface area (Å²) in [6.45, 7) is 0. The van der Waals surface area contributed by atoms with Crippen molar-refractivity contribution in [3.05, 3.63) is 59.7 Å². The van der Waals surface area contributed by atoms with Crippen LogP contribution in [0.4, 0.5) is 5.69 Å². The molecule has 3 heteroatoms. The minimum atomic E-state index is -0.0236. The summed E-state index contributed by atoms with van der Waals surface area (Å²) in [5.41, 5.74) is 3.31. The van der Waals surface area contributed by atoms with E-state index in [-0.39, 0.29) is 11.7 Å². The first-order valence-corrected chi connectivity index (χ1v) is 6.05. The molecule has 2 aromatic rings. The standard InChI is InChI=1S/C16H13NO2/c1-17-15-8-3-2-7-13(15)14(16(17)19)10-11-5-4-6-12(18)9-11/h2-10,18H,1H3. The molecule has 0 radical (unpaired) electrons. The van der Waals surface area contributed by atoms with Crippen molar-refractivity contribution in [2.75, 3.05) is 11.9 Å². The molecular weight excluding hydrogens is 238 g/mol. The molecule has 1 N–H and O–H groups in total. The van der Waals surface area contributed by atoms with Gasteiger partial charge in [0.2, 0.25) is 0 Å². The summed E-state index contributed by atoms with van der Waals surface area (Å²) in [5, 5.41) is 9.48. The molecule has 1 aliphatic heterocycles. The van der Waals surface area contributed by atoms with E-state index in [0.717, 1.165) is 16.8 Å². The Labute approximate surface area is 111 Å². The van der Waals surface area contributed by atoms with E-state index >= 15 is 0 Å². The van der Waals surface area contributed by atoms with E-state index in [4.69, 9.17) is 0 Å². The van der Waals surface area contributed by atoms with Gasteiger partial charge < -0.3 is 10.0 Å². The van der Waals surface area contributed by atoms with Gasteiger partial charge in [-0.3, -0.25) is 4.79 Å². The molecule has 0 bridgehead atoms. The smallest absolute Gasteiger partial charge is 0.258 e. The van der Waals surface area contributed by atoms with Crippen molar-refractivity contribution >= 4 is 23.2 Å². The second-order valence-corrected chi connectivity index (χ2v) is 4.53. The van der Waals surface area contributed by atoms with Crippen molar-refractivity contribution in [2.45, 2.75) is 0 Å². The number of carbonyl (C=O) groups is 1. The van der Waals surface area contributed by atoms with Gasteiger partial charge in [-0.1, -0.05) is 30.3 Å². The molecule has 0 saturated heterocycles. The van der Waals surface area contributed by atoms with E-state index in [9.17, 15) is 9.90 Å². The molecule has 2 aromatic carbocycles. The summed E-state index contributed by atoms with van der Waals surface area (Å²) in [5.74, 6) is 0.172. The first-order valence-electron chi connectivity index (χ1n) is 6.05. The Morgan fingerprint density at radius 3 is 2.68 bits per heavy atom. The molecular formula is C16H13NO2.